The standard InChI is InChI=1S/C22H33N5O2/c1-16-11-13-26(14-12-16)21(17-9-10-19(28-2)20(15-17)29-3)22-23-24-25-27(22)18-7-5-4-6-8-18/h9-10,15-16,18,21H,4-8,11-14H2,1-3H3/t21-/m1/s1. The number of aromatic nitrogens is 4. The van der Waals surface area contributed by atoms with Crippen molar-refractivity contribution in [2.24, 2.45) is 5.92 Å². The molecule has 1 aliphatic carbocycles. The molecule has 2 aliphatic rings. The minimum Gasteiger partial charge on any atom is -0.493 e. The summed E-state index contributed by atoms with van der Waals surface area (Å²) in [4.78, 5) is 2.53. The number of benzene rings is 1. The van der Waals surface area contributed by atoms with Crippen LogP contribution in [-0.2, 0) is 0 Å². The van der Waals surface area contributed by atoms with Gasteiger partial charge in [-0.1, -0.05) is 32.3 Å². The minimum absolute atomic E-state index is 0.0271. The van der Waals surface area contributed by atoms with Gasteiger partial charge in [0.25, 0.3) is 0 Å². The second-order valence-electron chi connectivity index (χ2n) is 8.51. The molecule has 0 radical (unpaired) electrons. The van der Waals surface area contributed by atoms with Gasteiger partial charge in [0, 0.05) is 0 Å². The second-order valence-corrected chi connectivity index (χ2v) is 8.51. The number of ether oxygens (including phenoxy) is 2. The SMILES string of the molecule is COc1ccc([C@H](c2nnnn2C2CCCCC2)N2CCC(C)CC2)cc1OC. The molecule has 1 saturated heterocycles. The number of hydrogen-bond acceptors (Lipinski definition) is 6. The molecule has 1 aromatic carbocycles. The van der Waals surface area contributed by atoms with Gasteiger partial charge in [-0.15, -0.1) is 5.10 Å². The van der Waals surface area contributed by atoms with E-state index in [1.54, 1.807) is 14.2 Å². The molecule has 7 nitrogen and oxygen atoms in total. The van der Waals surface area contributed by atoms with Crippen molar-refractivity contribution >= 4 is 0 Å². The van der Waals surface area contributed by atoms with Crippen molar-refractivity contribution in [3.63, 3.8) is 0 Å². The number of nitrogens with zero attached hydrogens (tertiary/aromatic N) is 5. The highest BCUT2D eigenvalue weighted by molar-refractivity contribution is 5.45. The highest BCUT2D eigenvalue weighted by atomic mass is 16.5. The van der Waals surface area contributed by atoms with E-state index in [0.717, 1.165) is 54.7 Å². The summed E-state index contributed by atoms with van der Waals surface area (Å²) in [6.45, 7) is 4.45. The largest absolute Gasteiger partial charge is 0.493 e. The lowest BCUT2D eigenvalue weighted by Gasteiger charge is -2.37. The number of piperidine rings is 1. The van der Waals surface area contributed by atoms with E-state index in [1.807, 2.05) is 6.07 Å². The number of hydrogen-bond donors (Lipinski definition) is 0. The third-order valence-electron chi connectivity index (χ3n) is 6.59. The Hall–Kier alpha value is -2.15. The van der Waals surface area contributed by atoms with Crippen molar-refractivity contribution in [2.45, 2.75) is 64.0 Å². The molecule has 1 aliphatic heterocycles. The summed E-state index contributed by atoms with van der Waals surface area (Å²) in [6.07, 6.45) is 8.56. The van der Waals surface area contributed by atoms with E-state index in [1.165, 1.54) is 32.1 Å². The molecule has 0 bridgehead atoms. The maximum absolute atomic E-state index is 5.59. The van der Waals surface area contributed by atoms with Crippen LogP contribution < -0.4 is 9.47 Å². The summed E-state index contributed by atoms with van der Waals surface area (Å²) in [5.74, 6) is 3.22. The normalized spacial score (nSPS) is 20.5. The van der Waals surface area contributed by atoms with E-state index >= 15 is 0 Å². The van der Waals surface area contributed by atoms with Gasteiger partial charge in [-0.3, -0.25) is 4.90 Å². The summed E-state index contributed by atoms with van der Waals surface area (Å²) in [7, 11) is 3.36. The van der Waals surface area contributed by atoms with E-state index in [2.05, 4.69) is 44.2 Å². The van der Waals surface area contributed by atoms with Gasteiger partial charge in [-0.2, -0.15) is 0 Å². The van der Waals surface area contributed by atoms with Crippen LogP contribution in [-0.4, -0.2) is 52.4 Å². The molecule has 7 heteroatoms. The maximum Gasteiger partial charge on any atom is 0.173 e. The lowest BCUT2D eigenvalue weighted by molar-refractivity contribution is 0.146. The predicted octanol–water partition coefficient (Wildman–Crippen LogP) is 4.02. The molecule has 2 aromatic rings. The summed E-state index contributed by atoms with van der Waals surface area (Å²) in [5, 5.41) is 13.1. The third kappa shape index (κ3) is 4.25. The van der Waals surface area contributed by atoms with Crippen molar-refractivity contribution in [1.29, 1.82) is 0 Å². The van der Waals surface area contributed by atoms with Crippen LogP contribution in [0.3, 0.4) is 0 Å². The van der Waals surface area contributed by atoms with Crippen LogP contribution in [0.25, 0.3) is 0 Å². The Morgan fingerprint density at radius 3 is 2.38 bits per heavy atom. The molecule has 2 heterocycles. The predicted molar refractivity (Wildman–Crippen MR) is 111 cm³/mol. The molecule has 0 spiro atoms. The van der Waals surface area contributed by atoms with E-state index in [9.17, 15) is 0 Å². The quantitative estimate of drug-likeness (QED) is 0.731. The van der Waals surface area contributed by atoms with Gasteiger partial charge in [0.2, 0.25) is 0 Å². The van der Waals surface area contributed by atoms with E-state index in [0.29, 0.717) is 6.04 Å². The second kappa shape index (κ2) is 9.11. The Labute approximate surface area is 173 Å². The lowest BCUT2D eigenvalue weighted by atomic mass is 9.93. The fourth-order valence-corrected chi connectivity index (χ4v) is 4.80. The molecule has 29 heavy (non-hydrogen) atoms. The minimum atomic E-state index is 0.0271. The number of tetrazole rings is 1. The van der Waals surface area contributed by atoms with Crippen LogP contribution in [0, 0.1) is 5.92 Å². The van der Waals surface area contributed by atoms with Gasteiger partial charge >= 0.3 is 0 Å². The Morgan fingerprint density at radius 1 is 0.966 bits per heavy atom. The van der Waals surface area contributed by atoms with Crippen molar-refractivity contribution < 1.29 is 9.47 Å². The summed E-state index contributed by atoms with van der Waals surface area (Å²) in [6, 6.07) is 6.63. The van der Waals surface area contributed by atoms with Gasteiger partial charge in [0.1, 0.15) is 0 Å². The first-order valence-corrected chi connectivity index (χ1v) is 10.9. The molecule has 0 N–H and O–H groups in total. The van der Waals surface area contributed by atoms with Crippen LogP contribution in [0.4, 0.5) is 0 Å². The van der Waals surface area contributed by atoms with Gasteiger partial charge < -0.3 is 9.47 Å². The number of rotatable bonds is 6. The molecule has 1 saturated carbocycles. The number of likely N-dealkylation sites (tertiary alicyclic amines) is 1. The third-order valence-corrected chi connectivity index (χ3v) is 6.59. The van der Waals surface area contributed by atoms with E-state index < -0.39 is 0 Å². The summed E-state index contributed by atoms with van der Waals surface area (Å²) >= 11 is 0. The molecule has 158 valence electrons. The fraction of sp³-hybridized carbons (Fsp3) is 0.682. The first-order valence-electron chi connectivity index (χ1n) is 10.9. The maximum atomic E-state index is 5.59. The summed E-state index contributed by atoms with van der Waals surface area (Å²) in [5.41, 5.74) is 1.16. The molecule has 1 atom stereocenters. The molecule has 4 rings (SSSR count). The zero-order valence-corrected chi connectivity index (χ0v) is 17.9. The Morgan fingerprint density at radius 2 is 1.69 bits per heavy atom. The Kier molecular flexibility index (Phi) is 6.33. The van der Waals surface area contributed by atoms with Gasteiger partial charge in [-0.05, 0) is 72.8 Å². The molecule has 0 amide bonds. The van der Waals surface area contributed by atoms with Crippen LogP contribution >= 0.6 is 0 Å². The van der Waals surface area contributed by atoms with Gasteiger partial charge in [0.15, 0.2) is 17.3 Å². The van der Waals surface area contributed by atoms with Crippen molar-refractivity contribution in [3.05, 3.63) is 29.6 Å². The fourth-order valence-electron chi connectivity index (χ4n) is 4.80. The molecular weight excluding hydrogens is 366 g/mol. The molecule has 1 aromatic heterocycles. The monoisotopic (exact) mass is 399 g/mol. The lowest BCUT2D eigenvalue weighted by Crippen LogP contribution is -2.38. The van der Waals surface area contributed by atoms with Crippen molar-refractivity contribution in [3.8, 4) is 11.5 Å². The average molecular weight is 400 g/mol. The van der Waals surface area contributed by atoms with Gasteiger partial charge in [-0.25, -0.2) is 4.68 Å². The van der Waals surface area contributed by atoms with E-state index in [4.69, 9.17) is 9.47 Å². The van der Waals surface area contributed by atoms with Crippen molar-refractivity contribution in [2.75, 3.05) is 27.3 Å². The Bertz CT molecular complexity index is 794. The number of methoxy groups -OCH3 is 2. The molecular formula is C22H33N5O2. The van der Waals surface area contributed by atoms with Crippen molar-refractivity contribution in [1.82, 2.24) is 25.1 Å². The average Bonchev–Trinajstić information content (AvgIpc) is 3.25. The van der Waals surface area contributed by atoms with Gasteiger partial charge in [0.05, 0.1) is 26.3 Å². The Balaban J connectivity index is 1.73. The summed E-state index contributed by atoms with van der Waals surface area (Å²) < 4.78 is 13.2. The first kappa shape index (κ1) is 20.1. The zero-order valence-electron chi connectivity index (χ0n) is 17.9. The molecule has 2 fully saturated rings. The first-order chi connectivity index (χ1) is 14.2. The highest BCUT2D eigenvalue weighted by Gasteiger charge is 2.33. The highest BCUT2D eigenvalue weighted by Crippen LogP contribution is 2.38. The van der Waals surface area contributed by atoms with E-state index in [-0.39, 0.29) is 6.04 Å². The van der Waals surface area contributed by atoms with Crippen LogP contribution in [0.1, 0.15) is 75.3 Å². The zero-order chi connectivity index (χ0) is 20.2. The smallest absolute Gasteiger partial charge is 0.173 e. The molecule has 0 unspecified atom stereocenters. The van der Waals surface area contributed by atoms with Crippen LogP contribution in [0.5, 0.6) is 11.5 Å². The van der Waals surface area contributed by atoms with Crippen LogP contribution in [0.15, 0.2) is 18.2 Å². The van der Waals surface area contributed by atoms with Crippen LogP contribution in [0.2, 0.25) is 0 Å². The topological polar surface area (TPSA) is 65.3 Å².